The summed E-state index contributed by atoms with van der Waals surface area (Å²) in [4.78, 5) is 4.71. The van der Waals surface area contributed by atoms with Crippen molar-refractivity contribution in [2.24, 2.45) is 10.4 Å². The molecule has 0 spiro atoms. The lowest BCUT2D eigenvalue weighted by molar-refractivity contribution is 0.169. The van der Waals surface area contributed by atoms with Crippen LogP contribution in [0.1, 0.15) is 45.6 Å². The largest absolute Gasteiger partial charge is 0.489 e. The molecule has 0 unspecified atom stereocenters. The molecule has 0 heterocycles. The Labute approximate surface area is 158 Å². The normalized spacial score (nSPS) is 11.9. The number of nitrogens with zero attached hydrogens (tertiary/aromatic N) is 1. The number of aliphatic hydroxyl groups excluding tert-OH is 1. The third-order valence-electron chi connectivity index (χ3n) is 4.85. The quantitative estimate of drug-likeness (QED) is 0.303. The second kappa shape index (κ2) is 12.4. The minimum atomic E-state index is 0.0932. The zero-order valence-corrected chi connectivity index (χ0v) is 16.6. The molecule has 0 aromatic heterocycles. The highest BCUT2D eigenvalue weighted by Crippen LogP contribution is 2.29. The number of ether oxygens (including phenoxy) is 1. The van der Waals surface area contributed by atoms with Crippen LogP contribution in [0.25, 0.3) is 0 Å². The highest BCUT2D eigenvalue weighted by atomic mass is 16.5. The number of nitrogens with one attached hydrogen (secondary N) is 2. The van der Waals surface area contributed by atoms with Gasteiger partial charge in [-0.15, -0.1) is 0 Å². The van der Waals surface area contributed by atoms with Crippen molar-refractivity contribution >= 4 is 5.96 Å². The SMILES string of the molecule is C=CCOc1ccccc1CN=C(NCC)NCC(CC)(CC)CCO. The molecule has 5 heteroatoms. The van der Waals surface area contributed by atoms with Crippen molar-refractivity contribution in [2.45, 2.75) is 46.6 Å². The molecule has 0 saturated heterocycles. The van der Waals surface area contributed by atoms with E-state index in [0.717, 1.165) is 49.6 Å². The summed E-state index contributed by atoms with van der Waals surface area (Å²) >= 11 is 0. The fraction of sp³-hybridized carbons (Fsp3) is 0.571. The first-order valence-corrected chi connectivity index (χ1v) is 9.59. The Balaban J connectivity index is 2.82. The topological polar surface area (TPSA) is 65.9 Å². The van der Waals surface area contributed by atoms with Crippen LogP contribution in [-0.4, -0.2) is 37.4 Å². The molecule has 0 atom stereocenters. The molecule has 26 heavy (non-hydrogen) atoms. The predicted octanol–water partition coefficient (Wildman–Crippen LogP) is 3.50. The molecule has 3 N–H and O–H groups in total. The molecular formula is C21H35N3O2. The van der Waals surface area contributed by atoms with Crippen LogP contribution in [0.15, 0.2) is 41.9 Å². The summed E-state index contributed by atoms with van der Waals surface area (Å²) in [6, 6.07) is 7.93. The van der Waals surface area contributed by atoms with Gasteiger partial charge in [-0.2, -0.15) is 0 Å². The smallest absolute Gasteiger partial charge is 0.191 e. The van der Waals surface area contributed by atoms with E-state index in [4.69, 9.17) is 9.73 Å². The molecule has 0 fully saturated rings. The molecule has 1 rings (SSSR count). The van der Waals surface area contributed by atoms with Crippen LogP contribution >= 0.6 is 0 Å². The standard InChI is InChI=1S/C21H35N3O2/c1-5-15-26-19-12-10-9-11-18(19)16-23-20(22-8-4)24-17-21(6-2,7-3)13-14-25/h5,9-12,25H,1,6-8,13-17H2,2-4H3,(H2,22,23,24). The number of guanidine groups is 1. The van der Waals surface area contributed by atoms with E-state index in [1.807, 2.05) is 24.3 Å². The van der Waals surface area contributed by atoms with E-state index in [1.165, 1.54) is 0 Å². The van der Waals surface area contributed by atoms with Crippen LogP contribution in [0.5, 0.6) is 5.75 Å². The molecule has 0 bridgehead atoms. The van der Waals surface area contributed by atoms with Gasteiger partial charge in [0.25, 0.3) is 0 Å². The van der Waals surface area contributed by atoms with Crippen LogP contribution in [-0.2, 0) is 6.54 Å². The number of para-hydroxylation sites is 1. The number of hydrogen-bond acceptors (Lipinski definition) is 3. The number of benzene rings is 1. The summed E-state index contributed by atoms with van der Waals surface area (Å²) in [5.74, 6) is 1.62. The number of aliphatic hydroxyl groups is 1. The lowest BCUT2D eigenvalue weighted by Gasteiger charge is -2.32. The average molecular weight is 362 g/mol. The van der Waals surface area contributed by atoms with Crippen molar-refractivity contribution in [3.63, 3.8) is 0 Å². The van der Waals surface area contributed by atoms with Gasteiger partial charge >= 0.3 is 0 Å². The van der Waals surface area contributed by atoms with Crippen molar-refractivity contribution in [3.8, 4) is 5.75 Å². The molecular weight excluding hydrogens is 326 g/mol. The molecule has 5 nitrogen and oxygen atoms in total. The molecule has 0 aliphatic heterocycles. The van der Waals surface area contributed by atoms with Crippen LogP contribution in [0.2, 0.25) is 0 Å². The van der Waals surface area contributed by atoms with Crippen LogP contribution < -0.4 is 15.4 Å². The summed E-state index contributed by atoms with van der Waals surface area (Å²) < 4.78 is 5.70. The fourth-order valence-electron chi connectivity index (χ4n) is 2.88. The Hall–Kier alpha value is -2.01. The second-order valence-corrected chi connectivity index (χ2v) is 6.44. The van der Waals surface area contributed by atoms with Crippen molar-refractivity contribution in [2.75, 3.05) is 26.3 Å². The monoisotopic (exact) mass is 361 g/mol. The molecule has 0 aliphatic carbocycles. The minimum absolute atomic E-state index is 0.0932. The van der Waals surface area contributed by atoms with E-state index >= 15 is 0 Å². The number of rotatable bonds is 12. The van der Waals surface area contributed by atoms with Crippen molar-refractivity contribution in [3.05, 3.63) is 42.5 Å². The summed E-state index contributed by atoms with van der Waals surface area (Å²) in [7, 11) is 0. The molecule has 0 amide bonds. The van der Waals surface area contributed by atoms with Gasteiger partial charge in [0.1, 0.15) is 12.4 Å². The predicted molar refractivity (Wildman–Crippen MR) is 110 cm³/mol. The Morgan fingerprint density at radius 3 is 2.58 bits per heavy atom. The van der Waals surface area contributed by atoms with Crippen molar-refractivity contribution in [1.82, 2.24) is 10.6 Å². The first-order valence-electron chi connectivity index (χ1n) is 9.59. The fourth-order valence-corrected chi connectivity index (χ4v) is 2.88. The molecule has 0 aliphatic rings. The van der Waals surface area contributed by atoms with Gasteiger partial charge < -0.3 is 20.5 Å². The molecule has 0 saturated carbocycles. The first kappa shape index (κ1) is 22.0. The lowest BCUT2D eigenvalue weighted by atomic mass is 9.79. The van der Waals surface area contributed by atoms with Crippen LogP contribution in [0.3, 0.4) is 0 Å². The van der Waals surface area contributed by atoms with Gasteiger partial charge in [-0.3, -0.25) is 0 Å². The summed E-state index contributed by atoms with van der Waals surface area (Å²) in [5, 5.41) is 16.1. The second-order valence-electron chi connectivity index (χ2n) is 6.44. The van der Waals surface area contributed by atoms with Crippen LogP contribution in [0, 0.1) is 5.41 Å². The highest BCUT2D eigenvalue weighted by molar-refractivity contribution is 5.79. The Morgan fingerprint density at radius 1 is 1.23 bits per heavy atom. The van der Waals surface area contributed by atoms with Gasteiger partial charge in [-0.25, -0.2) is 4.99 Å². The van der Waals surface area contributed by atoms with E-state index in [-0.39, 0.29) is 12.0 Å². The minimum Gasteiger partial charge on any atom is -0.489 e. The number of hydrogen-bond donors (Lipinski definition) is 3. The highest BCUT2D eigenvalue weighted by Gasteiger charge is 2.25. The molecule has 1 aromatic carbocycles. The van der Waals surface area contributed by atoms with E-state index < -0.39 is 0 Å². The Kier molecular flexibility index (Phi) is 10.5. The van der Waals surface area contributed by atoms with Gasteiger partial charge in [0.2, 0.25) is 0 Å². The van der Waals surface area contributed by atoms with E-state index in [9.17, 15) is 5.11 Å². The average Bonchev–Trinajstić information content (AvgIpc) is 2.68. The maximum atomic E-state index is 9.39. The molecule has 0 radical (unpaired) electrons. The van der Waals surface area contributed by atoms with Gasteiger partial charge in [0, 0.05) is 25.3 Å². The van der Waals surface area contributed by atoms with E-state index in [1.54, 1.807) is 6.08 Å². The maximum Gasteiger partial charge on any atom is 0.191 e. The van der Waals surface area contributed by atoms with Crippen molar-refractivity contribution in [1.29, 1.82) is 0 Å². The summed E-state index contributed by atoms with van der Waals surface area (Å²) in [6.45, 7) is 12.9. The maximum absolute atomic E-state index is 9.39. The first-order chi connectivity index (χ1) is 12.6. The molecule has 146 valence electrons. The van der Waals surface area contributed by atoms with Gasteiger partial charge in [-0.1, -0.05) is 44.7 Å². The van der Waals surface area contributed by atoms with Crippen molar-refractivity contribution < 1.29 is 9.84 Å². The van der Waals surface area contributed by atoms with Gasteiger partial charge in [0.05, 0.1) is 6.54 Å². The van der Waals surface area contributed by atoms with Crippen LogP contribution in [0.4, 0.5) is 0 Å². The zero-order valence-electron chi connectivity index (χ0n) is 16.6. The summed E-state index contributed by atoms with van der Waals surface area (Å²) in [5.41, 5.74) is 1.13. The van der Waals surface area contributed by atoms with Gasteiger partial charge in [-0.05, 0) is 37.7 Å². The zero-order chi connectivity index (χ0) is 19.3. The Bertz CT molecular complexity index is 554. The third kappa shape index (κ3) is 7.08. The third-order valence-corrected chi connectivity index (χ3v) is 4.85. The lowest BCUT2D eigenvalue weighted by Crippen LogP contribution is -2.43. The molecule has 1 aromatic rings. The van der Waals surface area contributed by atoms with E-state index in [2.05, 4.69) is 38.0 Å². The Morgan fingerprint density at radius 2 is 1.96 bits per heavy atom. The van der Waals surface area contributed by atoms with E-state index in [0.29, 0.717) is 13.2 Å². The number of aliphatic imine (C=N–C) groups is 1. The summed E-state index contributed by atoms with van der Waals surface area (Å²) in [6.07, 6.45) is 4.58. The van der Waals surface area contributed by atoms with Gasteiger partial charge in [0.15, 0.2) is 5.96 Å².